The van der Waals surface area contributed by atoms with Gasteiger partial charge >= 0.3 is 6.03 Å². The summed E-state index contributed by atoms with van der Waals surface area (Å²) in [6, 6.07) is 7.10. The van der Waals surface area contributed by atoms with Gasteiger partial charge in [0, 0.05) is 32.8 Å². The molecule has 2 aromatic rings. The fourth-order valence-electron chi connectivity index (χ4n) is 3.01. The number of methoxy groups -OCH3 is 1. The van der Waals surface area contributed by atoms with Gasteiger partial charge in [-0.1, -0.05) is 6.07 Å². The van der Waals surface area contributed by atoms with Crippen molar-refractivity contribution in [2.45, 2.75) is 18.4 Å². The molecule has 3 N–H and O–H groups in total. The molecule has 11 nitrogen and oxygen atoms in total. The van der Waals surface area contributed by atoms with E-state index in [1.54, 1.807) is 12.1 Å². The number of sulfonamides is 1. The van der Waals surface area contributed by atoms with Gasteiger partial charge in [-0.2, -0.15) is 4.31 Å². The maximum absolute atomic E-state index is 12.9. The molecule has 1 fully saturated rings. The van der Waals surface area contributed by atoms with E-state index >= 15 is 0 Å². The molecule has 1 aliphatic rings. The van der Waals surface area contributed by atoms with Gasteiger partial charge in [0.2, 0.25) is 15.9 Å². The summed E-state index contributed by atoms with van der Waals surface area (Å²) in [5, 5.41) is 7.86. The van der Waals surface area contributed by atoms with Crippen molar-refractivity contribution in [2.24, 2.45) is 0 Å². The van der Waals surface area contributed by atoms with Gasteiger partial charge in [-0.05, 0) is 29.8 Å². The highest BCUT2D eigenvalue weighted by Crippen LogP contribution is 2.29. The van der Waals surface area contributed by atoms with Crippen molar-refractivity contribution < 1.29 is 27.5 Å². The first-order chi connectivity index (χ1) is 15.3. The molecule has 0 saturated carbocycles. The van der Waals surface area contributed by atoms with Crippen LogP contribution in [0.15, 0.2) is 41.4 Å². The number of pyridine rings is 1. The highest BCUT2D eigenvalue weighted by atomic mass is 32.2. The number of hydrogen-bond donors (Lipinski definition) is 3. The summed E-state index contributed by atoms with van der Waals surface area (Å²) < 4.78 is 37.6. The predicted octanol–water partition coefficient (Wildman–Crippen LogP) is 1.39. The van der Waals surface area contributed by atoms with Crippen molar-refractivity contribution in [1.82, 2.24) is 14.6 Å². The van der Waals surface area contributed by atoms with Crippen molar-refractivity contribution in [3.8, 4) is 5.75 Å². The van der Waals surface area contributed by atoms with Crippen LogP contribution < -0.4 is 20.7 Å². The van der Waals surface area contributed by atoms with Gasteiger partial charge in [0.1, 0.15) is 11.6 Å². The summed E-state index contributed by atoms with van der Waals surface area (Å²) in [5.41, 5.74) is 0.934. The van der Waals surface area contributed by atoms with Crippen LogP contribution in [0.3, 0.4) is 0 Å². The standard InChI is InChI=1S/C20H25N5O6S/c1-14(26)23-19-6-3-15(12-21-19)13-22-20(27)24-17-11-16(4-5-18(17)30-2)32(28,29)25-7-9-31-10-8-25/h3-6,11-12H,7-10,13H2,1-2H3,(H,21,23,26)(H2,22,24,27). The Morgan fingerprint density at radius 1 is 1.16 bits per heavy atom. The van der Waals surface area contributed by atoms with Crippen molar-refractivity contribution in [3.63, 3.8) is 0 Å². The first-order valence-corrected chi connectivity index (χ1v) is 11.3. The van der Waals surface area contributed by atoms with E-state index in [2.05, 4.69) is 20.9 Å². The lowest BCUT2D eigenvalue weighted by molar-refractivity contribution is -0.114. The van der Waals surface area contributed by atoms with Crippen molar-refractivity contribution in [2.75, 3.05) is 44.0 Å². The molecule has 0 bridgehead atoms. The molecule has 3 amide bonds. The lowest BCUT2D eigenvalue weighted by Crippen LogP contribution is -2.40. The number of aromatic nitrogens is 1. The molecular weight excluding hydrogens is 438 g/mol. The Morgan fingerprint density at radius 3 is 2.53 bits per heavy atom. The number of nitrogens with zero attached hydrogens (tertiary/aromatic N) is 2. The van der Waals surface area contributed by atoms with Crippen molar-refractivity contribution in [3.05, 3.63) is 42.1 Å². The first kappa shape index (κ1) is 23.4. The SMILES string of the molecule is COc1ccc(S(=O)(=O)N2CCOCC2)cc1NC(=O)NCc1ccc(NC(C)=O)nc1. The largest absolute Gasteiger partial charge is 0.495 e. The van der Waals surface area contributed by atoms with Crippen LogP contribution in [0, 0.1) is 0 Å². The van der Waals surface area contributed by atoms with E-state index < -0.39 is 16.1 Å². The smallest absolute Gasteiger partial charge is 0.319 e. The molecule has 1 aliphatic heterocycles. The van der Waals surface area contributed by atoms with Crippen LogP contribution in [0.5, 0.6) is 5.75 Å². The van der Waals surface area contributed by atoms with Gasteiger partial charge in [-0.25, -0.2) is 18.2 Å². The third-order valence-corrected chi connectivity index (χ3v) is 6.50. The number of rotatable bonds is 7. The minimum atomic E-state index is -3.73. The second-order valence-corrected chi connectivity index (χ2v) is 8.86. The zero-order valence-corrected chi connectivity index (χ0v) is 18.6. The predicted molar refractivity (Wildman–Crippen MR) is 117 cm³/mol. The molecule has 2 heterocycles. The third kappa shape index (κ3) is 5.93. The maximum atomic E-state index is 12.9. The summed E-state index contributed by atoms with van der Waals surface area (Å²) in [7, 11) is -2.30. The fourth-order valence-corrected chi connectivity index (χ4v) is 4.45. The van der Waals surface area contributed by atoms with Gasteiger partial charge in [0.25, 0.3) is 0 Å². The summed E-state index contributed by atoms with van der Waals surface area (Å²) in [6.45, 7) is 2.77. The number of amides is 3. The highest BCUT2D eigenvalue weighted by molar-refractivity contribution is 7.89. The van der Waals surface area contributed by atoms with Crippen LogP contribution in [0.2, 0.25) is 0 Å². The molecule has 1 saturated heterocycles. The quantitative estimate of drug-likeness (QED) is 0.564. The molecule has 0 aliphatic carbocycles. The van der Waals surface area contributed by atoms with E-state index in [-0.39, 0.29) is 36.1 Å². The molecule has 1 aromatic carbocycles. The van der Waals surface area contributed by atoms with Crippen LogP contribution >= 0.6 is 0 Å². The van der Waals surface area contributed by atoms with Crippen molar-refractivity contribution >= 4 is 33.5 Å². The Morgan fingerprint density at radius 2 is 1.91 bits per heavy atom. The molecule has 12 heteroatoms. The average molecular weight is 464 g/mol. The van der Waals surface area contributed by atoms with Gasteiger partial charge in [0.05, 0.1) is 30.9 Å². The van der Waals surface area contributed by atoms with E-state index in [1.165, 1.54) is 42.7 Å². The number of carbonyl (C=O) groups excluding carboxylic acids is 2. The second-order valence-electron chi connectivity index (χ2n) is 6.92. The van der Waals surface area contributed by atoms with Gasteiger partial charge in [0.15, 0.2) is 0 Å². The van der Waals surface area contributed by atoms with Crippen LogP contribution in [-0.4, -0.2) is 63.1 Å². The number of ether oxygens (including phenoxy) is 2. The number of hydrogen-bond acceptors (Lipinski definition) is 7. The van der Waals surface area contributed by atoms with E-state index in [9.17, 15) is 18.0 Å². The number of urea groups is 1. The molecule has 0 radical (unpaired) electrons. The molecule has 172 valence electrons. The Balaban J connectivity index is 1.67. The minimum Gasteiger partial charge on any atom is -0.495 e. The summed E-state index contributed by atoms with van der Waals surface area (Å²) in [6.07, 6.45) is 1.53. The molecule has 1 aromatic heterocycles. The third-order valence-electron chi connectivity index (χ3n) is 4.61. The molecule has 0 unspecified atom stereocenters. The zero-order chi connectivity index (χ0) is 23.1. The number of carbonyl (C=O) groups is 2. The Kier molecular flexibility index (Phi) is 7.62. The monoisotopic (exact) mass is 463 g/mol. The number of morpholine rings is 1. The van der Waals surface area contributed by atoms with E-state index in [1.807, 2.05) is 0 Å². The van der Waals surface area contributed by atoms with Gasteiger partial charge in [-0.3, -0.25) is 4.79 Å². The van der Waals surface area contributed by atoms with Crippen LogP contribution in [-0.2, 0) is 26.1 Å². The summed E-state index contributed by atoms with van der Waals surface area (Å²) in [4.78, 5) is 27.6. The Labute approximate surface area is 186 Å². The first-order valence-electron chi connectivity index (χ1n) is 9.83. The van der Waals surface area contributed by atoms with Crippen LogP contribution in [0.4, 0.5) is 16.3 Å². The number of benzene rings is 1. The molecular formula is C20H25N5O6S. The molecule has 0 spiro atoms. The van der Waals surface area contributed by atoms with Gasteiger partial charge < -0.3 is 25.4 Å². The minimum absolute atomic E-state index is 0.0493. The second kappa shape index (κ2) is 10.4. The fraction of sp³-hybridized carbons (Fsp3) is 0.350. The average Bonchev–Trinajstić information content (AvgIpc) is 2.79. The number of anilines is 2. The molecule has 3 rings (SSSR count). The topological polar surface area (TPSA) is 139 Å². The number of nitrogens with one attached hydrogen (secondary N) is 3. The maximum Gasteiger partial charge on any atom is 0.319 e. The summed E-state index contributed by atoms with van der Waals surface area (Å²) in [5.74, 6) is 0.505. The lowest BCUT2D eigenvalue weighted by Gasteiger charge is -2.26. The van der Waals surface area contributed by atoms with Crippen LogP contribution in [0.1, 0.15) is 12.5 Å². The van der Waals surface area contributed by atoms with E-state index in [0.717, 1.165) is 0 Å². The lowest BCUT2D eigenvalue weighted by atomic mass is 10.3. The summed E-state index contributed by atoms with van der Waals surface area (Å²) >= 11 is 0. The molecule has 32 heavy (non-hydrogen) atoms. The van der Waals surface area contributed by atoms with E-state index in [4.69, 9.17) is 9.47 Å². The van der Waals surface area contributed by atoms with E-state index in [0.29, 0.717) is 30.3 Å². The highest BCUT2D eigenvalue weighted by Gasteiger charge is 2.27. The Bertz CT molecular complexity index is 1070. The molecule has 0 atom stereocenters. The van der Waals surface area contributed by atoms with Crippen molar-refractivity contribution in [1.29, 1.82) is 0 Å². The normalized spacial score (nSPS) is 14.4. The Hall–Kier alpha value is -3.22. The van der Waals surface area contributed by atoms with Crippen LogP contribution in [0.25, 0.3) is 0 Å². The van der Waals surface area contributed by atoms with Gasteiger partial charge in [-0.15, -0.1) is 0 Å². The zero-order valence-electron chi connectivity index (χ0n) is 17.8.